The number of nitrogens with zero attached hydrogens (tertiary/aromatic N) is 5. The molecule has 148 valence electrons. The van der Waals surface area contributed by atoms with Gasteiger partial charge in [-0.1, -0.05) is 6.07 Å². The highest BCUT2D eigenvalue weighted by Crippen LogP contribution is 2.20. The Morgan fingerprint density at radius 3 is 2.32 bits per heavy atom. The molecule has 0 radical (unpaired) electrons. The SMILES string of the molecule is Cc1ccc(C(=O)N2CCN(c3ccnc(N4CCCCC4)n3)CC2)cc1C. The number of rotatable bonds is 3. The van der Waals surface area contributed by atoms with Gasteiger partial charge in [0.2, 0.25) is 5.95 Å². The maximum absolute atomic E-state index is 12.8. The molecule has 0 bridgehead atoms. The molecule has 2 aromatic rings. The first kappa shape index (κ1) is 18.7. The molecule has 3 heterocycles. The highest BCUT2D eigenvalue weighted by atomic mass is 16.2. The second-order valence-corrected chi connectivity index (χ2v) is 7.84. The summed E-state index contributed by atoms with van der Waals surface area (Å²) < 4.78 is 0. The number of hydrogen-bond donors (Lipinski definition) is 0. The summed E-state index contributed by atoms with van der Waals surface area (Å²) in [5.41, 5.74) is 3.16. The van der Waals surface area contributed by atoms with Crippen LogP contribution in [-0.4, -0.2) is 60.0 Å². The number of aryl methyl sites for hydroxylation is 2. The van der Waals surface area contributed by atoms with Gasteiger partial charge in [0, 0.05) is 51.0 Å². The summed E-state index contributed by atoms with van der Waals surface area (Å²) in [6.45, 7) is 9.24. The van der Waals surface area contributed by atoms with E-state index in [4.69, 9.17) is 4.98 Å². The summed E-state index contributed by atoms with van der Waals surface area (Å²) in [6, 6.07) is 7.95. The van der Waals surface area contributed by atoms with Gasteiger partial charge in [-0.3, -0.25) is 4.79 Å². The van der Waals surface area contributed by atoms with Crippen LogP contribution in [-0.2, 0) is 0 Å². The Morgan fingerprint density at radius 1 is 0.857 bits per heavy atom. The number of anilines is 2. The third kappa shape index (κ3) is 3.96. The quantitative estimate of drug-likeness (QED) is 0.820. The van der Waals surface area contributed by atoms with Crippen molar-refractivity contribution in [2.75, 3.05) is 49.1 Å². The van der Waals surface area contributed by atoms with Gasteiger partial charge in [0.1, 0.15) is 5.82 Å². The molecular weight excluding hydrogens is 350 g/mol. The summed E-state index contributed by atoms with van der Waals surface area (Å²) in [5.74, 6) is 1.93. The molecule has 28 heavy (non-hydrogen) atoms. The van der Waals surface area contributed by atoms with Crippen molar-refractivity contribution in [1.29, 1.82) is 0 Å². The maximum Gasteiger partial charge on any atom is 0.253 e. The number of aromatic nitrogens is 2. The van der Waals surface area contributed by atoms with Gasteiger partial charge in [-0.25, -0.2) is 4.98 Å². The summed E-state index contributed by atoms with van der Waals surface area (Å²) in [5, 5.41) is 0. The first-order chi connectivity index (χ1) is 13.6. The Labute approximate surface area is 167 Å². The van der Waals surface area contributed by atoms with Crippen LogP contribution in [0, 0.1) is 13.8 Å². The topological polar surface area (TPSA) is 52.6 Å². The Kier molecular flexibility index (Phi) is 5.46. The largest absolute Gasteiger partial charge is 0.353 e. The molecule has 6 heteroatoms. The number of hydrogen-bond acceptors (Lipinski definition) is 5. The number of carbonyl (C=O) groups is 1. The Balaban J connectivity index is 1.40. The molecule has 0 aliphatic carbocycles. The minimum absolute atomic E-state index is 0.124. The van der Waals surface area contributed by atoms with Gasteiger partial charge >= 0.3 is 0 Å². The zero-order valence-electron chi connectivity index (χ0n) is 16.9. The average molecular weight is 380 g/mol. The number of piperidine rings is 1. The van der Waals surface area contributed by atoms with Gasteiger partial charge in [-0.05, 0) is 62.4 Å². The Morgan fingerprint density at radius 2 is 1.61 bits per heavy atom. The molecule has 1 aromatic carbocycles. The lowest BCUT2D eigenvalue weighted by Gasteiger charge is -2.36. The fourth-order valence-electron chi connectivity index (χ4n) is 3.96. The van der Waals surface area contributed by atoms with Crippen molar-refractivity contribution < 1.29 is 4.79 Å². The van der Waals surface area contributed by atoms with Crippen LogP contribution in [0.25, 0.3) is 0 Å². The zero-order valence-corrected chi connectivity index (χ0v) is 16.9. The molecule has 0 spiro atoms. The van der Waals surface area contributed by atoms with Gasteiger partial charge < -0.3 is 14.7 Å². The van der Waals surface area contributed by atoms with E-state index in [1.807, 2.05) is 35.4 Å². The standard InChI is InChI=1S/C22H29N5O/c1-17-6-7-19(16-18(17)2)21(28)26-14-12-25(13-15-26)20-8-9-23-22(24-20)27-10-4-3-5-11-27/h6-9,16H,3-5,10-15H2,1-2H3. The fraction of sp³-hybridized carbons (Fsp3) is 0.500. The highest BCUT2D eigenvalue weighted by Gasteiger charge is 2.24. The summed E-state index contributed by atoms with van der Waals surface area (Å²) in [6.07, 6.45) is 5.59. The van der Waals surface area contributed by atoms with E-state index in [-0.39, 0.29) is 5.91 Å². The predicted octanol–water partition coefficient (Wildman–Crippen LogP) is 3.05. The molecule has 2 aliphatic heterocycles. The lowest BCUT2D eigenvalue weighted by Crippen LogP contribution is -2.49. The van der Waals surface area contributed by atoms with Crippen LogP contribution in [0.15, 0.2) is 30.5 Å². The van der Waals surface area contributed by atoms with Crippen molar-refractivity contribution in [1.82, 2.24) is 14.9 Å². The van der Waals surface area contributed by atoms with E-state index in [1.165, 1.54) is 24.8 Å². The van der Waals surface area contributed by atoms with Gasteiger partial charge in [0.15, 0.2) is 0 Å². The van der Waals surface area contributed by atoms with E-state index in [2.05, 4.69) is 28.6 Å². The Hall–Kier alpha value is -2.63. The van der Waals surface area contributed by atoms with Crippen LogP contribution < -0.4 is 9.80 Å². The molecule has 2 saturated heterocycles. The molecule has 1 aromatic heterocycles. The molecule has 4 rings (SSSR count). The minimum atomic E-state index is 0.124. The van der Waals surface area contributed by atoms with Crippen LogP contribution in [0.2, 0.25) is 0 Å². The van der Waals surface area contributed by atoms with Gasteiger partial charge in [0.05, 0.1) is 0 Å². The average Bonchev–Trinajstić information content (AvgIpc) is 2.76. The van der Waals surface area contributed by atoms with Crippen LogP contribution in [0.1, 0.15) is 40.7 Å². The second-order valence-electron chi connectivity index (χ2n) is 7.84. The lowest BCUT2D eigenvalue weighted by molar-refractivity contribution is 0.0746. The molecule has 0 saturated carbocycles. The lowest BCUT2D eigenvalue weighted by atomic mass is 10.1. The van der Waals surface area contributed by atoms with Crippen LogP contribution >= 0.6 is 0 Å². The monoisotopic (exact) mass is 379 g/mol. The summed E-state index contributed by atoms with van der Waals surface area (Å²) in [4.78, 5) is 28.6. The number of amides is 1. The van der Waals surface area contributed by atoms with E-state index in [9.17, 15) is 4.79 Å². The maximum atomic E-state index is 12.8. The first-order valence-electron chi connectivity index (χ1n) is 10.3. The number of benzene rings is 1. The molecule has 6 nitrogen and oxygen atoms in total. The first-order valence-corrected chi connectivity index (χ1v) is 10.3. The van der Waals surface area contributed by atoms with Crippen LogP contribution in [0.4, 0.5) is 11.8 Å². The molecule has 1 amide bonds. The third-order valence-corrected chi connectivity index (χ3v) is 5.91. The normalized spacial score (nSPS) is 17.7. The number of carbonyl (C=O) groups excluding carboxylic acids is 1. The van der Waals surface area contributed by atoms with E-state index >= 15 is 0 Å². The zero-order chi connectivity index (χ0) is 19.5. The van der Waals surface area contributed by atoms with Crippen LogP contribution in [0.5, 0.6) is 0 Å². The van der Waals surface area contributed by atoms with Crippen molar-refractivity contribution in [2.24, 2.45) is 0 Å². The summed E-state index contributed by atoms with van der Waals surface area (Å²) in [7, 11) is 0. The molecule has 0 unspecified atom stereocenters. The highest BCUT2D eigenvalue weighted by molar-refractivity contribution is 5.94. The minimum Gasteiger partial charge on any atom is -0.353 e. The van der Waals surface area contributed by atoms with Crippen molar-refractivity contribution in [2.45, 2.75) is 33.1 Å². The van der Waals surface area contributed by atoms with E-state index in [0.29, 0.717) is 0 Å². The molecular formula is C22H29N5O. The van der Waals surface area contributed by atoms with Crippen molar-refractivity contribution in [3.8, 4) is 0 Å². The molecule has 0 atom stereocenters. The molecule has 0 N–H and O–H groups in total. The van der Waals surface area contributed by atoms with E-state index in [0.717, 1.165) is 62.2 Å². The molecule has 2 fully saturated rings. The van der Waals surface area contributed by atoms with Gasteiger partial charge in [-0.2, -0.15) is 4.98 Å². The van der Waals surface area contributed by atoms with Crippen molar-refractivity contribution >= 4 is 17.7 Å². The fourth-order valence-corrected chi connectivity index (χ4v) is 3.96. The molecule has 2 aliphatic rings. The second kappa shape index (κ2) is 8.17. The van der Waals surface area contributed by atoms with Gasteiger partial charge in [-0.15, -0.1) is 0 Å². The van der Waals surface area contributed by atoms with E-state index < -0.39 is 0 Å². The smallest absolute Gasteiger partial charge is 0.253 e. The van der Waals surface area contributed by atoms with Gasteiger partial charge in [0.25, 0.3) is 5.91 Å². The van der Waals surface area contributed by atoms with Crippen molar-refractivity contribution in [3.63, 3.8) is 0 Å². The Bertz CT molecular complexity index is 839. The van der Waals surface area contributed by atoms with Crippen LogP contribution in [0.3, 0.4) is 0 Å². The number of piperazine rings is 1. The third-order valence-electron chi connectivity index (χ3n) is 5.91. The summed E-state index contributed by atoms with van der Waals surface area (Å²) >= 11 is 0. The predicted molar refractivity (Wildman–Crippen MR) is 112 cm³/mol. The van der Waals surface area contributed by atoms with E-state index in [1.54, 1.807) is 0 Å². The van der Waals surface area contributed by atoms with Crippen molar-refractivity contribution in [3.05, 3.63) is 47.2 Å².